The Morgan fingerprint density at radius 2 is 0.964 bits per heavy atom. The first-order valence-corrected chi connectivity index (χ1v) is 18.4. The number of rotatable bonds is 15. The first-order chi connectivity index (χ1) is 27.1. The largest absolute Gasteiger partial charge is 0.492 e. The number of hydrogen-bond donors (Lipinski definition) is 1. The molecule has 0 atom stereocenters. The fourth-order valence-electron chi connectivity index (χ4n) is 5.57. The molecule has 56 heavy (non-hydrogen) atoms. The van der Waals surface area contributed by atoms with Crippen LogP contribution in [0, 0.1) is 0 Å². The number of amides is 4. The summed E-state index contributed by atoms with van der Waals surface area (Å²) < 4.78 is 31.5. The van der Waals surface area contributed by atoms with Crippen LogP contribution in [-0.2, 0) is 18.9 Å². The van der Waals surface area contributed by atoms with Crippen LogP contribution in [0.25, 0.3) is 0 Å². The number of nitrogens with zero attached hydrogens (tertiary/aromatic N) is 3. The van der Waals surface area contributed by atoms with Crippen molar-refractivity contribution in [3.8, 4) is 11.5 Å². The lowest BCUT2D eigenvalue weighted by atomic mass is 10.1. The zero-order chi connectivity index (χ0) is 40.6. The van der Waals surface area contributed by atoms with Gasteiger partial charge in [-0.2, -0.15) is 0 Å². The second kappa shape index (κ2) is 21.1. The van der Waals surface area contributed by atoms with Gasteiger partial charge in [0.2, 0.25) is 0 Å². The van der Waals surface area contributed by atoms with Crippen molar-refractivity contribution in [2.24, 2.45) is 4.99 Å². The van der Waals surface area contributed by atoms with E-state index < -0.39 is 6.48 Å². The summed E-state index contributed by atoms with van der Waals surface area (Å²) in [5, 5.41) is 0. The SMILES string of the molecule is CCOC(OCC)OCC.CCOC=Nc1ccc(N2C(=O)c3ccccc3C2=O)c(OCC)c1.CCOc1cc(N)ccc1N1C(=O)c2ccccc2C1=O. The van der Waals surface area contributed by atoms with Gasteiger partial charge in [0.25, 0.3) is 30.1 Å². The standard InChI is InChI=1S/C19H18N2O4.C16H14N2O3.C7H16O3/c1-3-24-12-20-13-9-10-16(17(11-13)25-4-2)21-18(22)14-7-5-6-8-15(14)19(21)23;1-2-21-14-9-10(17)7-8-13(14)18-15(19)11-5-3-4-6-12(11)16(18)20;1-4-8-7(9-5-2)10-6-3/h5-12H,3-4H2,1-2H3;3-9H,2,17H2,1H3;7H,4-6H2,1-3H3. The number of nitrogens with two attached hydrogens (primary N) is 1. The quantitative estimate of drug-likeness (QED) is 0.0420. The zero-order valence-electron chi connectivity index (χ0n) is 32.5. The number of aliphatic imine (C=N–C) groups is 1. The lowest BCUT2D eigenvalue weighted by Crippen LogP contribution is -2.29. The minimum Gasteiger partial charge on any atom is -0.492 e. The van der Waals surface area contributed by atoms with Crippen molar-refractivity contribution in [2.45, 2.75) is 48.0 Å². The van der Waals surface area contributed by atoms with E-state index in [4.69, 9.17) is 34.2 Å². The summed E-state index contributed by atoms with van der Waals surface area (Å²) >= 11 is 0. The molecule has 2 aliphatic heterocycles. The van der Waals surface area contributed by atoms with Gasteiger partial charge in [0.1, 0.15) is 11.5 Å². The van der Waals surface area contributed by atoms with Crippen molar-refractivity contribution in [3.05, 3.63) is 107 Å². The van der Waals surface area contributed by atoms with E-state index in [0.717, 1.165) is 9.80 Å². The summed E-state index contributed by atoms with van der Waals surface area (Å²) in [5.41, 5.74) is 9.29. The molecule has 0 unspecified atom stereocenters. The first kappa shape index (κ1) is 42.6. The minimum absolute atomic E-state index is 0.346. The highest BCUT2D eigenvalue weighted by atomic mass is 16.8. The molecule has 2 heterocycles. The zero-order valence-corrected chi connectivity index (χ0v) is 32.5. The van der Waals surface area contributed by atoms with Gasteiger partial charge in [0.05, 0.1) is 59.1 Å². The Balaban J connectivity index is 0.000000203. The molecule has 0 fully saturated rings. The second-order valence-electron chi connectivity index (χ2n) is 11.6. The number of anilines is 3. The second-order valence-corrected chi connectivity index (χ2v) is 11.6. The van der Waals surface area contributed by atoms with E-state index in [9.17, 15) is 19.2 Å². The number of carbonyl (C=O) groups excluding carboxylic acids is 4. The Morgan fingerprint density at radius 1 is 0.554 bits per heavy atom. The van der Waals surface area contributed by atoms with Crippen LogP contribution in [0.1, 0.15) is 83.0 Å². The highest BCUT2D eigenvalue weighted by molar-refractivity contribution is 6.35. The molecule has 0 radical (unpaired) electrons. The fourth-order valence-corrected chi connectivity index (χ4v) is 5.57. The monoisotopic (exact) mass is 768 g/mol. The molecular formula is C42H48N4O10. The minimum atomic E-state index is -0.472. The Morgan fingerprint density at radius 3 is 1.36 bits per heavy atom. The Kier molecular flexibility index (Phi) is 16.1. The topological polar surface area (TPSA) is 169 Å². The van der Waals surface area contributed by atoms with Gasteiger partial charge in [-0.15, -0.1) is 0 Å². The maximum atomic E-state index is 12.7. The molecule has 4 aromatic rings. The number of benzene rings is 4. The van der Waals surface area contributed by atoms with Gasteiger partial charge in [-0.05, 0) is 90.1 Å². The van der Waals surface area contributed by atoms with Crippen LogP contribution >= 0.6 is 0 Å². The summed E-state index contributed by atoms with van der Waals surface area (Å²) in [5.74, 6) is -0.558. The molecular weight excluding hydrogens is 720 g/mol. The maximum absolute atomic E-state index is 12.7. The smallest absolute Gasteiger partial charge is 0.271 e. The molecule has 0 spiro atoms. The number of imide groups is 2. The number of carbonyl (C=O) groups is 4. The Bertz CT molecular complexity index is 1930. The van der Waals surface area contributed by atoms with E-state index in [1.54, 1.807) is 84.9 Å². The predicted molar refractivity (Wildman–Crippen MR) is 213 cm³/mol. The fraction of sp³-hybridized carbons (Fsp3) is 0.310. The molecule has 2 aliphatic rings. The summed E-state index contributed by atoms with van der Waals surface area (Å²) in [6.07, 6.45) is 1.35. The maximum Gasteiger partial charge on any atom is 0.271 e. The average Bonchev–Trinajstić information content (AvgIpc) is 3.60. The molecule has 0 saturated carbocycles. The third-order valence-electron chi connectivity index (χ3n) is 7.95. The van der Waals surface area contributed by atoms with E-state index >= 15 is 0 Å². The van der Waals surface area contributed by atoms with Crippen molar-refractivity contribution in [1.29, 1.82) is 0 Å². The van der Waals surface area contributed by atoms with Crippen molar-refractivity contribution in [1.82, 2.24) is 0 Å². The molecule has 2 N–H and O–H groups in total. The van der Waals surface area contributed by atoms with Crippen molar-refractivity contribution < 1.29 is 47.6 Å². The molecule has 14 heteroatoms. The number of fused-ring (bicyclic) bond motifs is 2. The number of hydrogen-bond acceptors (Lipinski definition) is 12. The molecule has 0 aliphatic carbocycles. The Labute approximate surface area is 326 Å². The molecule has 296 valence electrons. The molecule has 0 saturated heterocycles. The summed E-state index contributed by atoms with van der Waals surface area (Å²) in [4.78, 5) is 56.7. The van der Waals surface area contributed by atoms with Crippen LogP contribution in [0.15, 0.2) is 89.9 Å². The van der Waals surface area contributed by atoms with Gasteiger partial charge in [0.15, 0.2) is 6.40 Å². The molecule has 14 nitrogen and oxygen atoms in total. The van der Waals surface area contributed by atoms with Gasteiger partial charge < -0.3 is 34.2 Å². The van der Waals surface area contributed by atoms with Crippen LogP contribution in [0.4, 0.5) is 22.7 Å². The normalized spacial score (nSPS) is 13.0. The van der Waals surface area contributed by atoms with Crippen LogP contribution in [-0.4, -0.2) is 76.1 Å². The lowest BCUT2D eigenvalue weighted by molar-refractivity contribution is -0.282. The molecule has 6 rings (SSSR count). The highest BCUT2D eigenvalue weighted by Crippen LogP contribution is 2.38. The molecule has 0 bridgehead atoms. The van der Waals surface area contributed by atoms with Crippen LogP contribution < -0.4 is 25.0 Å². The number of ether oxygens (including phenoxy) is 6. The van der Waals surface area contributed by atoms with E-state index in [2.05, 4.69) is 4.99 Å². The van der Waals surface area contributed by atoms with E-state index in [-0.39, 0.29) is 23.6 Å². The highest BCUT2D eigenvalue weighted by Gasteiger charge is 2.39. The van der Waals surface area contributed by atoms with E-state index in [1.807, 2.05) is 41.5 Å². The third kappa shape index (κ3) is 10.2. The third-order valence-corrected chi connectivity index (χ3v) is 7.95. The van der Waals surface area contributed by atoms with Crippen molar-refractivity contribution in [3.63, 3.8) is 0 Å². The van der Waals surface area contributed by atoms with Crippen LogP contribution in [0.3, 0.4) is 0 Å². The summed E-state index contributed by atoms with van der Waals surface area (Å²) in [7, 11) is 0. The summed E-state index contributed by atoms with van der Waals surface area (Å²) in [6.45, 7) is 14.0. The van der Waals surface area contributed by atoms with Crippen LogP contribution in [0.2, 0.25) is 0 Å². The molecule has 4 aromatic carbocycles. The van der Waals surface area contributed by atoms with Gasteiger partial charge in [-0.1, -0.05) is 24.3 Å². The van der Waals surface area contributed by atoms with Crippen molar-refractivity contribution in [2.75, 3.05) is 55.2 Å². The molecule has 4 amide bonds. The summed E-state index contributed by atoms with van der Waals surface area (Å²) in [6, 6.07) is 23.5. The lowest BCUT2D eigenvalue weighted by Gasteiger charge is -2.18. The molecule has 0 aromatic heterocycles. The van der Waals surface area contributed by atoms with Crippen LogP contribution in [0.5, 0.6) is 11.5 Å². The predicted octanol–water partition coefficient (Wildman–Crippen LogP) is 7.43. The van der Waals surface area contributed by atoms with E-state index in [0.29, 0.717) is 96.1 Å². The number of nitrogen functional groups attached to an aromatic ring is 1. The van der Waals surface area contributed by atoms with Gasteiger partial charge in [-0.25, -0.2) is 14.8 Å². The Hall–Kier alpha value is -6.09. The van der Waals surface area contributed by atoms with Gasteiger partial charge >= 0.3 is 0 Å². The van der Waals surface area contributed by atoms with Gasteiger partial charge in [0, 0.05) is 37.6 Å². The van der Waals surface area contributed by atoms with E-state index in [1.165, 1.54) is 6.40 Å². The first-order valence-electron chi connectivity index (χ1n) is 18.4. The average molecular weight is 769 g/mol. The van der Waals surface area contributed by atoms with Crippen molar-refractivity contribution >= 4 is 52.8 Å². The van der Waals surface area contributed by atoms with Gasteiger partial charge in [-0.3, -0.25) is 19.2 Å².